The molecular weight excluding hydrogens is 420 g/mol. The second-order valence-electron chi connectivity index (χ2n) is 7.66. The van der Waals surface area contributed by atoms with E-state index in [1.54, 1.807) is 6.08 Å². The fourth-order valence-corrected chi connectivity index (χ4v) is 4.22. The van der Waals surface area contributed by atoms with Crippen LogP contribution in [0.3, 0.4) is 0 Å². The molecule has 2 aromatic carbocycles. The van der Waals surface area contributed by atoms with Crippen LogP contribution in [0.15, 0.2) is 54.2 Å². The molecule has 0 aliphatic rings. The third-order valence-corrected chi connectivity index (χ3v) is 6.10. The molecule has 168 valence electrons. The SMILES string of the molecule is C=CCn1c(COc2ccc(C)cc2C)nnc1SCC(=O)Nc1c(C)cccc1CC. The number of nitrogens with zero attached hydrogens (tertiary/aromatic N) is 3. The summed E-state index contributed by atoms with van der Waals surface area (Å²) >= 11 is 1.36. The van der Waals surface area contributed by atoms with Gasteiger partial charge in [0.15, 0.2) is 11.0 Å². The third kappa shape index (κ3) is 5.79. The summed E-state index contributed by atoms with van der Waals surface area (Å²) in [6, 6.07) is 12.1. The van der Waals surface area contributed by atoms with Gasteiger partial charge in [0, 0.05) is 12.2 Å². The maximum Gasteiger partial charge on any atom is 0.234 e. The van der Waals surface area contributed by atoms with Crippen LogP contribution in [0.25, 0.3) is 0 Å². The van der Waals surface area contributed by atoms with E-state index >= 15 is 0 Å². The van der Waals surface area contributed by atoms with Gasteiger partial charge in [-0.1, -0.05) is 60.7 Å². The Balaban J connectivity index is 1.66. The number of anilines is 1. The van der Waals surface area contributed by atoms with Crippen LogP contribution in [-0.4, -0.2) is 26.4 Å². The van der Waals surface area contributed by atoms with E-state index in [-0.39, 0.29) is 11.7 Å². The van der Waals surface area contributed by atoms with Crippen molar-refractivity contribution in [2.75, 3.05) is 11.1 Å². The lowest BCUT2D eigenvalue weighted by molar-refractivity contribution is -0.113. The van der Waals surface area contributed by atoms with Crippen LogP contribution in [0.4, 0.5) is 5.69 Å². The van der Waals surface area contributed by atoms with Gasteiger partial charge in [-0.15, -0.1) is 16.8 Å². The maximum absolute atomic E-state index is 12.6. The normalized spacial score (nSPS) is 10.8. The number of rotatable bonds is 10. The lowest BCUT2D eigenvalue weighted by atomic mass is 10.1. The molecule has 0 saturated heterocycles. The average Bonchev–Trinajstić information content (AvgIpc) is 3.15. The fraction of sp³-hybridized carbons (Fsp3) is 0.320. The highest BCUT2D eigenvalue weighted by atomic mass is 32.2. The summed E-state index contributed by atoms with van der Waals surface area (Å²) in [6.07, 6.45) is 2.65. The van der Waals surface area contributed by atoms with Gasteiger partial charge < -0.3 is 10.1 Å². The number of benzene rings is 2. The van der Waals surface area contributed by atoms with E-state index in [4.69, 9.17) is 4.74 Å². The predicted molar refractivity (Wildman–Crippen MR) is 130 cm³/mol. The molecule has 32 heavy (non-hydrogen) atoms. The number of thioether (sulfide) groups is 1. The number of aromatic nitrogens is 3. The lowest BCUT2D eigenvalue weighted by Gasteiger charge is -2.13. The van der Waals surface area contributed by atoms with Crippen molar-refractivity contribution in [1.82, 2.24) is 14.8 Å². The molecule has 0 radical (unpaired) electrons. The number of carbonyl (C=O) groups excluding carboxylic acids is 1. The molecule has 7 heteroatoms. The molecule has 3 rings (SSSR count). The van der Waals surface area contributed by atoms with Crippen LogP contribution in [-0.2, 0) is 24.4 Å². The van der Waals surface area contributed by atoms with Gasteiger partial charge in [0.05, 0.1) is 5.75 Å². The van der Waals surface area contributed by atoms with Crippen molar-refractivity contribution in [3.05, 3.63) is 77.1 Å². The second kappa shape index (κ2) is 11.0. The maximum atomic E-state index is 12.6. The van der Waals surface area contributed by atoms with Crippen LogP contribution < -0.4 is 10.1 Å². The Labute approximate surface area is 194 Å². The van der Waals surface area contributed by atoms with E-state index in [0.717, 1.165) is 34.5 Å². The first kappa shape index (κ1) is 23.6. The van der Waals surface area contributed by atoms with E-state index in [1.807, 2.05) is 48.7 Å². The number of amides is 1. The number of ether oxygens (including phenoxy) is 1. The summed E-state index contributed by atoms with van der Waals surface area (Å²) in [5.41, 5.74) is 5.36. The van der Waals surface area contributed by atoms with Crippen molar-refractivity contribution in [2.24, 2.45) is 0 Å². The van der Waals surface area contributed by atoms with Crippen molar-refractivity contribution in [2.45, 2.75) is 52.4 Å². The Bertz CT molecular complexity index is 1110. The van der Waals surface area contributed by atoms with Crippen LogP contribution in [0, 0.1) is 20.8 Å². The van der Waals surface area contributed by atoms with E-state index < -0.39 is 0 Å². The summed E-state index contributed by atoms with van der Waals surface area (Å²) in [6.45, 7) is 12.8. The second-order valence-corrected chi connectivity index (χ2v) is 8.60. The van der Waals surface area contributed by atoms with Crippen LogP contribution in [0.2, 0.25) is 0 Å². The van der Waals surface area contributed by atoms with Gasteiger partial charge in [0.2, 0.25) is 5.91 Å². The zero-order valence-electron chi connectivity index (χ0n) is 19.1. The summed E-state index contributed by atoms with van der Waals surface area (Å²) in [5, 5.41) is 12.3. The van der Waals surface area contributed by atoms with Gasteiger partial charge in [-0.2, -0.15) is 0 Å². The first-order valence-electron chi connectivity index (χ1n) is 10.7. The van der Waals surface area contributed by atoms with Crippen molar-refractivity contribution >= 4 is 23.4 Å². The highest BCUT2D eigenvalue weighted by Gasteiger charge is 2.15. The molecule has 0 aliphatic carbocycles. The topological polar surface area (TPSA) is 69.0 Å². The van der Waals surface area contributed by atoms with Gasteiger partial charge in [-0.3, -0.25) is 9.36 Å². The molecule has 1 N–H and O–H groups in total. The quantitative estimate of drug-likeness (QED) is 0.337. The molecule has 0 fully saturated rings. The monoisotopic (exact) mass is 450 g/mol. The third-order valence-electron chi connectivity index (χ3n) is 5.13. The fourth-order valence-electron chi connectivity index (χ4n) is 3.46. The molecule has 0 saturated carbocycles. The Hall–Kier alpha value is -3.06. The Morgan fingerprint density at radius 3 is 2.72 bits per heavy atom. The van der Waals surface area contributed by atoms with Gasteiger partial charge in [0.1, 0.15) is 12.4 Å². The molecular formula is C25H30N4O2S. The number of hydrogen-bond donors (Lipinski definition) is 1. The Morgan fingerprint density at radius 1 is 1.19 bits per heavy atom. The largest absolute Gasteiger partial charge is 0.485 e. The molecule has 0 bridgehead atoms. The number of carbonyl (C=O) groups is 1. The van der Waals surface area contributed by atoms with Crippen LogP contribution in [0.5, 0.6) is 5.75 Å². The van der Waals surface area contributed by atoms with Crippen molar-refractivity contribution in [3.63, 3.8) is 0 Å². The zero-order chi connectivity index (χ0) is 23.1. The zero-order valence-corrected chi connectivity index (χ0v) is 20.0. The molecule has 1 heterocycles. The molecule has 6 nitrogen and oxygen atoms in total. The van der Waals surface area contributed by atoms with Gasteiger partial charge >= 0.3 is 0 Å². The van der Waals surface area contributed by atoms with Crippen molar-refractivity contribution in [1.29, 1.82) is 0 Å². The van der Waals surface area contributed by atoms with E-state index in [9.17, 15) is 4.79 Å². The number of hydrogen-bond acceptors (Lipinski definition) is 5. The smallest absolute Gasteiger partial charge is 0.234 e. The van der Waals surface area contributed by atoms with E-state index in [1.165, 1.54) is 17.3 Å². The van der Waals surface area contributed by atoms with Crippen molar-refractivity contribution in [3.8, 4) is 5.75 Å². The first-order valence-corrected chi connectivity index (χ1v) is 11.7. The number of aryl methyl sites for hydroxylation is 4. The molecule has 0 spiro atoms. The summed E-state index contributed by atoms with van der Waals surface area (Å²) in [7, 11) is 0. The number of para-hydroxylation sites is 1. The minimum atomic E-state index is -0.0692. The van der Waals surface area contributed by atoms with Crippen LogP contribution in [0.1, 0.15) is 35.0 Å². The first-order chi connectivity index (χ1) is 15.4. The summed E-state index contributed by atoms with van der Waals surface area (Å²) in [4.78, 5) is 12.6. The van der Waals surface area contributed by atoms with Gasteiger partial charge in [0.25, 0.3) is 0 Å². The predicted octanol–water partition coefficient (Wildman–Crippen LogP) is 5.26. The Morgan fingerprint density at radius 2 is 2.00 bits per heavy atom. The average molecular weight is 451 g/mol. The molecule has 0 atom stereocenters. The Kier molecular flexibility index (Phi) is 8.11. The van der Waals surface area contributed by atoms with E-state index in [0.29, 0.717) is 24.1 Å². The van der Waals surface area contributed by atoms with Crippen LogP contribution >= 0.6 is 11.8 Å². The summed E-state index contributed by atoms with van der Waals surface area (Å²) in [5.74, 6) is 1.69. The minimum Gasteiger partial charge on any atom is -0.485 e. The highest BCUT2D eigenvalue weighted by molar-refractivity contribution is 7.99. The molecule has 1 aromatic heterocycles. The minimum absolute atomic E-state index is 0.0692. The van der Waals surface area contributed by atoms with E-state index in [2.05, 4.69) is 42.0 Å². The lowest BCUT2D eigenvalue weighted by Crippen LogP contribution is -2.17. The van der Waals surface area contributed by atoms with Gasteiger partial charge in [-0.25, -0.2) is 0 Å². The molecule has 0 unspecified atom stereocenters. The summed E-state index contributed by atoms with van der Waals surface area (Å²) < 4.78 is 7.91. The van der Waals surface area contributed by atoms with Gasteiger partial charge in [-0.05, 0) is 49.9 Å². The molecule has 3 aromatic rings. The highest BCUT2D eigenvalue weighted by Crippen LogP contribution is 2.24. The molecule has 0 aliphatic heterocycles. The van der Waals surface area contributed by atoms with Crippen molar-refractivity contribution < 1.29 is 9.53 Å². The molecule has 1 amide bonds. The number of nitrogens with one attached hydrogen (secondary N) is 1. The standard InChI is InChI=1S/C25H30N4O2S/c1-6-13-29-22(15-31-21-12-11-17(3)14-19(21)5)27-28-25(29)32-16-23(30)26-24-18(4)9-8-10-20(24)7-2/h6,8-12,14H,1,7,13,15-16H2,2-5H3,(H,26,30). The number of allylic oxidation sites excluding steroid dienone is 1.